The van der Waals surface area contributed by atoms with E-state index in [0.29, 0.717) is 10.8 Å². The molecule has 0 bridgehead atoms. The van der Waals surface area contributed by atoms with E-state index < -0.39 is 6.10 Å². The Morgan fingerprint density at radius 3 is 2.55 bits per heavy atom. The average Bonchev–Trinajstić information content (AvgIpc) is 2.89. The summed E-state index contributed by atoms with van der Waals surface area (Å²) in [5, 5.41) is 4.66. The van der Waals surface area contributed by atoms with E-state index in [9.17, 15) is 9.59 Å². The largest absolute Gasteiger partial charge is 0.367 e. The highest BCUT2D eigenvalue weighted by Gasteiger charge is 2.21. The van der Waals surface area contributed by atoms with Gasteiger partial charge in [-0.05, 0) is 5.56 Å². The number of benzene rings is 1. The number of hydrogen-bond donors (Lipinski definition) is 1. The second-order valence-corrected chi connectivity index (χ2v) is 4.97. The molecule has 1 unspecified atom stereocenters. The van der Waals surface area contributed by atoms with E-state index in [2.05, 4.69) is 10.3 Å². The quantitative estimate of drug-likeness (QED) is 0.860. The first-order chi connectivity index (χ1) is 9.61. The molecule has 104 valence electrons. The molecule has 1 aromatic carbocycles. The third-order valence-corrected chi connectivity index (χ3v) is 3.43. The number of thiazole rings is 1. The Balaban J connectivity index is 2.11. The number of ketones is 1. The third kappa shape index (κ3) is 3.28. The molecule has 0 saturated heterocycles. The van der Waals surface area contributed by atoms with Crippen LogP contribution in [0.4, 0.5) is 5.13 Å². The Kier molecular flexibility index (Phi) is 4.60. The van der Waals surface area contributed by atoms with Gasteiger partial charge < -0.3 is 4.74 Å². The summed E-state index contributed by atoms with van der Waals surface area (Å²) >= 11 is 1.21. The maximum atomic E-state index is 12.2. The Morgan fingerprint density at radius 2 is 2.00 bits per heavy atom. The van der Waals surface area contributed by atoms with Gasteiger partial charge in [-0.2, -0.15) is 0 Å². The summed E-state index contributed by atoms with van der Waals surface area (Å²) in [6.45, 7) is 1.43. The average molecular weight is 290 g/mol. The molecular weight excluding hydrogens is 276 g/mol. The van der Waals surface area contributed by atoms with Crippen molar-refractivity contribution in [3.63, 3.8) is 0 Å². The summed E-state index contributed by atoms with van der Waals surface area (Å²) in [5.74, 6) is -0.448. The Bertz CT molecular complexity index is 610. The van der Waals surface area contributed by atoms with Crippen molar-refractivity contribution in [2.24, 2.45) is 0 Å². The molecule has 1 aromatic heterocycles. The van der Waals surface area contributed by atoms with Crippen LogP contribution in [0.3, 0.4) is 0 Å². The maximum Gasteiger partial charge on any atom is 0.259 e. The lowest BCUT2D eigenvalue weighted by molar-refractivity contribution is -0.126. The lowest BCUT2D eigenvalue weighted by Crippen LogP contribution is -2.22. The number of carbonyl (C=O) groups excluding carboxylic acids is 2. The molecule has 0 spiro atoms. The monoisotopic (exact) mass is 290 g/mol. The number of carbonyl (C=O) groups is 2. The lowest BCUT2D eigenvalue weighted by Gasteiger charge is -2.14. The van der Waals surface area contributed by atoms with Crippen LogP contribution < -0.4 is 5.32 Å². The van der Waals surface area contributed by atoms with Gasteiger partial charge in [0, 0.05) is 19.4 Å². The fraction of sp³-hybridized carbons (Fsp3) is 0.214. The second kappa shape index (κ2) is 6.40. The van der Waals surface area contributed by atoms with E-state index in [0.717, 1.165) is 5.56 Å². The van der Waals surface area contributed by atoms with Crippen molar-refractivity contribution in [2.75, 3.05) is 12.4 Å². The number of ether oxygens (including phenoxy) is 1. The molecule has 0 aliphatic heterocycles. The predicted molar refractivity (Wildman–Crippen MR) is 76.9 cm³/mol. The van der Waals surface area contributed by atoms with E-state index in [1.807, 2.05) is 30.3 Å². The fourth-order valence-electron chi connectivity index (χ4n) is 1.69. The molecule has 0 saturated carbocycles. The van der Waals surface area contributed by atoms with Crippen LogP contribution in [-0.4, -0.2) is 23.8 Å². The van der Waals surface area contributed by atoms with E-state index >= 15 is 0 Å². The van der Waals surface area contributed by atoms with Crippen LogP contribution in [-0.2, 0) is 9.53 Å². The topological polar surface area (TPSA) is 68.3 Å². The molecule has 1 heterocycles. The molecule has 1 atom stereocenters. The summed E-state index contributed by atoms with van der Waals surface area (Å²) < 4.78 is 5.22. The molecule has 0 aliphatic rings. The number of nitrogens with one attached hydrogen (secondary N) is 1. The molecule has 5 nitrogen and oxygen atoms in total. The zero-order valence-electron chi connectivity index (χ0n) is 11.1. The van der Waals surface area contributed by atoms with Crippen molar-refractivity contribution in [1.82, 2.24) is 4.98 Å². The van der Waals surface area contributed by atoms with Gasteiger partial charge in [0.15, 0.2) is 17.0 Å². The number of methoxy groups -OCH3 is 1. The Labute approximate surface area is 120 Å². The van der Waals surface area contributed by atoms with Gasteiger partial charge in [-0.25, -0.2) is 4.98 Å². The van der Waals surface area contributed by atoms with Crippen molar-refractivity contribution in [2.45, 2.75) is 13.0 Å². The van der Waals surface area contributed by atoms with Gasteiger partial charge >= 0.3 is 0 Å². The van der Waals surface area contributed by atoms with Gasteiger partial charge in [0.2, 0.25) is 0 Å². The zero-order chi connectivity index (χ0) is 14.5. The number of nitrogens with zero attached hydrogens (tertiary/aromatic N) is 1. The van der Waals surface area contributed by atoms with Crippen LogP contribution in [0.5, 0.6) is 0 Å². The normalized spacial score (nSPS) is 11.9. The van der Waals surface area contributed by atoms with Crippen LogP contribution in [0.15, 0.2) is 35.7 Å². The van der Waals surface area contributed by atoms with Crippen LogP contribution in [0.1, 0.15) is 29.1 Å². The maximum absolute atomic E-state index is 12.2. The fourth-order valence-corrected chi connectivity index (χ4v) is 2.44. The van der Waals surface area contributed by atoms with Crippen molar-refractivity contribution < 1.29 is 14.3 Å². The number of amides is 1. The molecular formula is C14H14N2O3S. The highest BCUT2D eigenvalue weighted by atomic mass is 32.1. The molecule has 0 aliphatic carbocycles. The SMILES string of the molecule is COC(C(=O)Nc1nc(C(C)=O)cs1)c1ccccc1. The third-order valence-electron chi connectivity index (χ3n) is 2.67. The van der Waals surface area contributed by atoms with Gasteiger partial charge in [0.05, 0.1) is 0 Å². The van der Waals surface area contributed by atoms with E-state index in [1.165, 1.54) is 25.4 Å². The van der Waals surface area contributed by atoms with Gasteiger partial charge in [0.25, 0.3) is 5.91 Å². The summed E-state index contributed by atoms with van der Waals surface area (Å²) in [6.07, 6.45) is -0.708. The van der Waals surface area contributed by atoms with E-state index in [-0.39, 0.29) is 11.7 Å². The Morgan fingerprint density at radius 1 is 1.30 bits per heavy atom. The zero-order valence-corrected chi connectivity index (χ0v) is 11.9. The molecule has 0 radical (unpaired) electrons. The lowest BCUT2D eigenvalue weighted by atomic mass is 10.1. The van der Waals surface area contributed by atoms with Crippen LogP contribution in [0.2, 0.25) is 0 Å². The van der Waals surface area contributed by atoms with Gasteiger partial charge in [-0.3, -0.25) is 14.9 Å². The van der Waals surface area contributed by atoms with Gasteiger partial charge in [0.1, 0.15) is 5.69 Å². The Hall–Kier alpha value is -2.05. The molecule has 6 heteroatoms. The van der Waals surface area contributed by atoms with Crippen LogP contribution >= 0.6 is 11.3 Å². The van der Waals surface area contributed by atoms with Crippen LogP contribution in [0.25, 0.3) is 0 Å². The smallest absolute Gasteiger partial charge is 0.259 e. The minimum atomic E-state index is -0.708. The summed E-state index contributed by atoms with van der Waals surface area (Å²) in [4.78, 5) is 27.4. The van der Waals surface area contributed by atoms with Gasteiger partial charge in [-0.1, -0.05) is 30.3 Å². The summed E-state index contributed by atoms with van der Waals surface area (Å²) in [7, 11) is 1.47. The molecule has 2 rings (SSSR count). The first kappa shape index (κ1) is 14.4. The molecule has 0 fully saturated rings. The summed E-state index contributed by atoms with van der Waals surface area (Å²) in [6, 6.07) is 9.18. The second-order valence-electron chi connectivity index (χ2n) is 4.11. The molecule has 20 heavy (non-hydrogen) atoms. The molecule has 1 N–H and O–H groups in total. The van der Waals surface area contributed by atoms with E-state index in [1.54, 1.807) is 5.38 Å². The number of hydrogen-bond acceptors (Lipinski definition) is 5. The van der Waals surface area contributed by atoms with Gasteiger partial charge in [-0.15, -0.1) is 11.3 Å². The number of aromatic nitrogens is 1. The minimum absolute atomic E-state index is 0.131. The predicted octanol–water partition coefficient (Wildman–Crippen LogP) is 2.67. The molecule has 1 amide bonds. The van der Waals surface area contributed by atoms with Crippen LogP contribution in [0, 0.1) is 0 Å². The highest BCUT2D eigenvalue weighted by molar-refractivity contribution is 7.14. The highest BCUT2D eigenvalue weighted by Crippen LogP contribution is 2.21. The first-order valence-electron chi connectivity index (χ1n) is 5.97. The standard InChI is InChI=1S/C14H14N2O3S/c1-9(17)11-8-20-14(15-11)16-13(18)12(19-2)10-6-4-3-5-7-10/h3-8,12H,1-2H3,(H,15,16,18). The summed E-state index contributed by atoms with van der Waals surface area (Å²) in [5.41, 5.74) is 1.11. The van der Waals surface area contributed by atoms with Crippen molar-refractivity contribution in [3.05, 3.63) is 47.0 Å². The minimum Gasteiger partial charge on any atom is -0.367 e. The number of Topliss-reactive ketones (excluding diaryl/α,β-unsaturated/α-hetero) is 1. The first-order valence-corrected chi connectivity index (χ1v) is 6.85. The van der Waals surface area contributed by atoms with Crippen molar-refractivity contribution in [1.29, 1.82) is 0 Å². The van der Waals surface area contributed by atoms with E-state index in [4.69, 9.17) is 4.74 Å². The molecule has 2 aromatic rings. The van der Waals surface area contributed by atoms with Crippen molar-refractivity contribution >= 4 is 28.2 Å². The van der Waals surface area contributed by atoms with Crippen molar-refractivity contribution in [3.8, 4) is 0 Å². The number of anilines is 1. The number of rotatable bonds is 5.